The third kappa shape index (κ3) is 44.5. The van der Waals surface area contributed by atoms with Gasteiger partial charge in [-0.25, -0.2) is 0 Å². The number of hydrogen-bond donors (Lipinski definition) is 6. The number of aliphatic hydroxyl groups excluding tert-OH is 5. The van der Waals surface area contributed by atoms with E-state index in [-0.39, 0.29) is 12.5 Å². The van der Waals surface area contributed by atoms with E-state index in [9.17, 15) is 30.3 Å². The van der Waals surface area contributed by atoms with Crippen molar-refractivity contribution < 1.29 is 39.8 Å². The summed E-state index contributed by atoms with van der Waals surface area (Å²) in [4.78, 5) is 13.1. The molecule has 0 bridgehead atoms. The van der Waals surface area contributed by atoms with E-state index in [1.165, 1.54) is 199 Å². The Bertz CT molecular complexity index is 1420. The van der Waals surface area contributed by atoms with E-state index in [1.54, 1.807) is 6.08 Å². The number of carbonyl (C=O) groups is 1. The molecule has 76 heavy (non-hydrogen) atoms. The lowest BCUT2D eigenvalue weighted by atomic mass is 9.99. The van der Waals surface area contributed by atoms with Gasteiger partial charge in [0.05, 0.1) is 25.4 Å². The number of rotatable bonds is 55. The van der Waals surface area contributed by atoms with E-state index in [4.69, 9.17) is 9.47 Å². The van der Waals surface area contributed by atoms with Crippen molar-refractivity contribution in [2.75, 3.05) is 13.2 Å². The standard InChI is InChI=1S/C67H121NO8/c1-3-5-7-9-11-13-15-17-19-21-23-25-27-28-29-30-31-32-33-35-36-38-40-42-44-46-48-50-52-54-56-61(70)60(59-75-67-66(74)65(73)64(72)62(58-69)76-67)68-63(71)57-55-53-51-49-47-45-43-41-39-37-34-26-24-22-20-18-16-14-12-10-8-6-4-2/h16,18,22,24,34,37-38,40,46,48,54,56,60-62,64-67,69-70,72-74H,3-15,17,19-21,23,25-33,35-36,39,41-45,47,49-53,55,57-59H2,1-2H3,(H,68,71)/b18-16-,24-22-,37-34-,40-38+,48-46+,56-54+. The second kappa shape index (κ2) is 55.9. The molecule has 0 spiro atoms. The van der Waals surface area contributed by atoms with Gasteiger partial charge >= 0.3 is 0 Å². The van der Waals surface area contributed by atoms with Crippen LogP contribution in [-0.2, 0) is 14.3 Å². The number of allylic oxidation sites excluding steroid dienone is 11. The zero-order chi connectivity index (χ0) is 55.0. The third-order valence-electron chi connectivity index (χ3n) is 15.0. The van der Waals surface area contributed by atoms with Crippen LogP contribution in [0.3, 0.4) is 0 Å². The lowest BCUT2D eigenvalue weighted by Crippen LogP contribution is -2.60. The summed E-state index contributed by atoms with van der Waals surface area (Å²) in [5.41, 5.74) is 0. The monoisotopic (exact) mass is 1070 g/mol. The average Bonchev–Trinajstić information content (AvgIpc) is 3.42. The predicted octanol–water partition coefficient (Wildman–Crippen LogP) is 16.8. The molecule has 0 aromatic carbocycles. The Morgan fingerprint density at radius 3 is 1.20 bits per heavy atom. The van der Waals surface area contributed by atoms with Crippen molar-refractivity contribution in [1.82, 2.24) is 5.32 Å². The normalized spacial score (nSPS) is 19.3. The molecular weight excluding hydrogens is 947 g/mol. The highest BCUT2D eigenvalue weighted by atomic mass is 16.7. The molecule has 0 aliphatic carbocycles. The molecular formula is C67H121NO8. The molecule has 1 aliphatic rings. The molecule has 0 aromatic rings. The van der Waals surface area contributed by atoms with E-state index < -0.39 is 49.5 Å². The summed E-state index contributed by atoms with van der Waals surface area (Å²) in [6, 6.07) is -0.838. The van der Waals surface area contributed by atoms with Gasteiger partial charge in [0.2, 0.25) is 5.91 Å². The Labute approximate surface area is 468 Å². The van der Waals surface area contributed by atoms with Gasteiger partial charge in [0.15, 0.2) is 6.29 Å². The maximum absolute atomic E-state index is 13.1. The number of hydrogen-bond acceptors (Lipinski definition) is 8. The lowest BCUT2D eigenvalue weighted by Gasteiger charge is -2.40. The minimum absolute atomic E-state index is 0.198. The Hall–Kier alpha value is -2.37. The highest BCUT2D eigenvalue weighted by Crippen LogP contribution is 2.23. The number of amides is 1. The van der Waals surface area contributed by atoms with Gasteiger partial charge in [0.1, 0.15) is 24.4 Å². The lowest BCUT2D eigenvalue weighted by molar-refractivity contribution is -0.302. The van der Waals surface area contributed by atoms with Crippen molar-refractivity contribution in [2.45, 2.75) is 333 Å². The molecule has 0 radical (unpaired) electrons. The van der Waals surface area contributed by atoms with Crippen molar-refractivity contribution in [1.29, 1.82) is 0 Å². The Morgan fingerprint density at radius 1 is 0.447 bits per heavy atom. The van der Waals surface area contributed by atoms with Gasteiger partial charge in [-0.15, -0.1) is 0 Å². The summed E-state index contributed by atoms with van der Waals surface area (Å²) in [5.74, 6) is -0.198. The fourth-order valence-electron chi connectivity index (χ4n) is 9.90. The number of ether oxygens (including phenoxy) is 2. The largest absolute Gasteiger partial charge is 0.394 e. The van der Waals surface area contributed by atoms with E-state index in [2.05, 4.69) is 79.9 Å². The van der Waals surface area contributed by atoms with E-state index in [0.717, 1.165) is 70.6 Å². The molecule has 1 heterocycles. The quantitative estimate of drug-likeness (QED) is 0.0261. The average molecular weight is 1070 g/mol. The second-order valence-electron chi connectivity index (χ2n) is 22.2. The Balaban J connectivity index is 2.22. The Morgan fingerprint density at radius 2 is 0.789 bits per heavy atom. The van der Waals surface area contributed by atoms with Gasteiger partial charge in [0, 0.05) is 6.42 Å². The van der Waals surface area contributed by atoms with Crippen molar-refractivity contribution in [3.63, 3.8) is 0 Å². The molecule has 7 unspecified atom stereocenters. The number of aliphatic hydroxyl groups is 5. The van der Waals surface area contributed by atoms with Gasteiger partial charge < -0.3 is 40.3 Å². The van der Waals surface area contributed by atoms with Gasteiger partial charge in [0.25, 0.3) is 0 Å². The Kier molecular flexibility index (Phi) is 52.7. The predicted molar refractivity (Wildman–Crippen MR) is 322 cm³/mol. The van der Waals surface area contributed by atoms with Gasteiger partial charge in [-0.2, -0.15) is 0 Å². The summed E-state index contributed by atoms with van der Waals surface area (Å²) in [5, 5.41) is 54.6. The molecule has 0 saturated carbocycles. The maximum Gasteiger partial charge on any atom is 0.220 e. The molecule has 1 fully saturated rings. The SMILES string of the molecule is CCCCCCC/C=C\C/C=C\C/C=C\CCCCCCCCCCC(=O)NC(COC1OC(CO)C(O)C(O)C1O)C(O)/C=C/CC/C=C/CC/C=C/CCCCCCCCCCCCCCCCCCCCCC. The van der Waals surface area contributed by atoms with Crippen LogP contribution in [-0.4, -0.2) is 87.5 Å². The zero-order valence-corrected chi connectivity index (χ0v) is 49.3. The minimum atomic E-state index is -1.58. The topological polar surface area (TPSA) is 149 Å². The molecule has 0 aromatic heterocycles. The minimum Gasteiger partial charge on any atom is -0.394 e. The van der Waals surface area contributed by atoms with Crippen LogP contribution in [0.25, 0.3) is 0 Å². The summed E-state index contributed by atoms with van der Waals surface area (Å²) in [6.45, 7) is 3.77. The first-order valence-electron chi connectivity index (χ1n) is 32.2. The van der Waals surface area contributed by atoms with Gasteiger partial charge in [-0.05, 0) is 83.5 Å². The fraction of sp³-hybridized carbons (Fsp3) is 0.806. The summed E-state index contributed by atoms with van der Waals surface area (Å²) in [6.07, 6.45) is 71.3. The first-order valence-corrected chi connectivity index (χ1v) is 32.2. The third-order valence-corrected chi connectivity index (χ3v) is 15.0. The highest BCUT2D eigenvalue weighted by Gasteiger charge is 2.44. The van der Waals surface area contributed by atoms with Crippen LogP contribution < -0.4 is 5.32 Å². The van der Waals surface area contributed by atoms with Crippen LogP contribution in [0.4, 0.5) is 0 Å². The van der Waals surface area contributed by atoms with Crippen LogP contribution in [0.5, 0.6) is 0 Å². The van der Waals surface area contributed by atoms with Crippen molar-refractivity contribution in [2.24, 2.45) is 0 Å². The highest BCUT2D eigenvalue weighted by molar-refractivity contribution is 5.76. The maximum atomic E-state index is 13.1. The molecule has 1 amide bonds. The second-order valence-corrected chi connectivity index (χ2v) is 22.2. The summed E-state index contributed by atoms with van der Waals surface area (Å²) < 4.78 is 11.3. The summed E-state index contributed by atoms with van der Waals surface area (Å²) >= 11 is 0. The van der Waals surface area contributed by atoms with E-state index in [0.29, 0.717) is 6.42 Å². The molecule has 1 saturated heterocycles. The number of carbonyl (C=O) groups excluding carboxylic acids is 1. The molecule has 1 aliphatic heterocycles. The molecule has 6 N–H and O–H groups in total. The van der Waals surface area contributed by atoms with Crippen LogP contribution in [0.1, 0.15) is 290 Å². The first-order chi connectivity index (χ1) is 37.3. The van der Waals surface area contributed by atoms with E-state index >= 15 is 0 Å². The number of unbranched alkanes of at least 4 members (excludes halogenated alkanes) is 35. The zero-order valence-electron chi connectivity index (χ0n) is 49.3. The van der Waals surface area contributed by atoms with Crippen molar-refractivity contribution >= 4 is 5.91 Å². The van der Waals surface area contributed by atoms with Crippen LogP contribution in [0.15, 0.2) is 72.9 Å². The van der Waals surface area contributed by atoms with Gasteiger partial charge in [-0.3, -0.25) is 4.79 Å². The molecule has 442 valence electrons. The van der Waals surface area contributed by atoms with Crippen LogP contribution in [0.2, 0.25) is 0 Å². The van der Waals surface area contributed by atoms with Crippen LogP contribution >= 0.6 is 0 Å². The smallest absolute Gasteiger partial charge is 0.220 e. The number of nitrogens with one attached hydrogen (secondary N) is 1. The fourth-order valence-corrected chi connectivity index (χ4v) is 9.90. The molecule has 7 atom stereocenters. The van der Waals surface area contributed by atoms with Crippen molar-refractivity contribution in [3.8, 4) is 0 Å². The van der Waals surface area contributed by atoms with Crippen LogP contribution in [0, 0.1) is 0 Å². The van der Waals surface area contributed by atoms with Crippen molar-refractivity contribution in [3.05, 3.63) is 72.9 Å². The van der Waals surface area contributed by atoms with E-state index in [1.807, 2.05) is 6.08 Å². The molecule has 9 nitrogen and oxygen atoms in total. The van der Waals surface area contributed by atoms with Gasteiger partial charge in [-0.1, -0.05) is 273 Å². The molecule has 9 heteroatoms. The first kappa shape index (κ1) is 71.6. The summed E-state index contributed by atoms with van der Waals surface area (Å²) in [7, 11) is 0. The molecule has 1 rings (SSSR count).